The topological polar surface area (TPSA) is 69.6 Å². The Morgan fingerprint density at radius 2 is 2.18 bits per heavy atom. The summed E-state index contributed by atoms with van der Waals surface area (Å²) in [6.45, 7) is 0.536. The Labute approximate surface area is 103 Å². The van der Waals surface area contributed by atoms with E-state index < -0.39 is 0 Å². The third kappa shape index (κ3) is 2.18. The molecule has 5 nitrogen and oxygen atoms in total. The first-order valence-electron chi connectivity index (χ1n) is 5.62. The van der Waals surface area contributed by atoms with Crippen LogP contribution in [0.1, 0.15) is 24.4 Å². The molecule has 0 spiro atoms. The second-order valence-corrected chi connectivity index (χ2v) is 5.06. The zero-order chi connectivity index (χ0) is 11.7. The molecule has 1 aliphatic rings. The minimum absolute atomic E-state index is 0.498. The van der Waals surface area contributed by atoms with Gasteiger partial charge in [-0.3, -0.25) is 0 Å². The molecule has 0 atom stereocenters. The van der Waals surface area contributed by atoms with Crippen LogP contribution in [0.25, 0.3) is 0 Å². The molecule has 88 valence electrons. The highest BCUT2D eigenvalue weighted by atomic mass is 32.2. The number of hydrogen-bond donors (Lipinski definition) is 1. The normalized spacial score (nSPS) is 15.1. The van der Waals surface area contributed by atoms with Gasteiger partial charge in [0.15, 0.2) is 0 Å². The fourth-order valence-corrected chi connectivity index (χ4v) is 2.65. The van der Waals surface area contributed by atoms with Gasteiger partial charge in [-0.1, -0.05) is 18.2 Å². The van der Waals surface area contributed by atoms with Crippen LogP contribution in [0.3, 0.4) is 0 Å². The van der Waals surface area contributed by atoms with E-state index in [4.69, 9.17) is 5.73 Å². The Hall–Kier alpha value is -1.40. The van der Waals surface area contributed by atoms with Crippen LogP contribution in [0, 0.1) is 0 Å². The molecule has 1 aliphatic carbocycles. The second-order valence-electron chi connectivity index (χ2n) is 4.05. The van der Waals surface area contributed by atoms with Crippen molar-refractivity contribution in [2.45, 2.75) is 35.5 Å². The molecule has 0 saturated heterocycles. The average molecular weight is 247 g/mol. The summed E-state index contributed by atoms with van der Waals surface area (Å²) in [5, 5.41) is 12.7. The standard InChI is InChI=1S/C11H13N5S/c12-7-8-3-1-2-4-10(8)17-11-13-14-15-16(11)9-5-6-9/h1-4,9H,5-7,12H2. The van der Waals surface area contributed by atoms with E-state index in [-0.39, 0.29) is 0 Å². The van der Waals surface area contributed by atoms with Crippen molar-refractivity contribution in [3.05, 3.63) is 29.8 Å². The molecule has 1 fully saturated rings. The van der Waals surface area contributed by atoms with E-state index >= 15 is 0 Å². The summed E-state index contributed by atoms with van der Waals surface area (Å²) in [7, 11) is 0. The van der Waals surface area contributed by atoms with Gasteiger partial charge in [-0.15, -0.1) is 5.10 Å². The Bertz CT molecular complexity index is 520. The van der Waals surface area contributed by atoms with Crippen molar-refractivity contribution < 1.29 is 0 Å². The Kier molecular flexibility index (Phi) is 2.82. The number of aromatic nitrogens is 4. The van der Waals surface area contributed by atoms with Gasteiger partial charge >= 0.3 is 0 Å². The Balaban J connectivity index is 1.88. The van der Waals surface area contributed by atoms with Gasteiger partial charge in [0.25, 0.3) is 0 Å². The number of nitrogens with two attached hydrogens (primary N) is 1. The first-order chi connectivity index (χ1) is 8.38. The molecule has 0 radical (unpaired) electrons. The van der Waals surface area contributed by atoms with Crippen molar-refractivity contribution in [3.63, 3.8) is 0 Å². The van der Waals surface area contributed by atoms with Crippen LogP contribution in [0.4, 0.5) is 0 Å². The predicted molar refractivity (Wildman–Crippen MR) is 64.5 cm³/mol. The largest absolute Gasteiger partial charge is 0.326 e. The predicted octanol–water partition coefficient (Wildman–Crippen LogP) is 1.62. The van der Waals surface area contributed by atoms with Gasteiger partial charge in [0.2, 0.25) is 5.16 Å². The van der Waals surface area contributed by atoms with Crippen LogP contribution in [0.15, 0.2) is 34.3 Å². The van der Waals surface area contributed by atoms with Gasteiger partial charge in [0.1, 0.15) is 0 Å². The van der Waals surface area contributed by atoms with Crippen LogP contribution in [0.2, 0.25) is 0 Å². The van der Waals surface area contributed by atoms with E-state index in [0.717, 1.165) is 15.6 Å². The molecular formula is C11H13N5S. The molecule has 3 rings (SSSR count). The summed E-state index contributed by atoms with van der Waals surface area (Å²) < 4.78 is 1.91. The molecule has 0 unspecified atom stereocenters. The molecular weight excluding hydrogens is 234 g/mol. The van der Waals surface area contributed by atoms with Crippen LogP contribution in [-0.4, -0.2) is 20.2 Å². The van der Waals surface area contributed by atoms with Crippen LogP contribution in [-0.2, 0) is 6.54 Å². The fraction of sp³-hybridized carbons (Fsp3) is 0.364. The fourth-order valence-electron chi connectivity index (χ4n) is 1.67. The molecule has 1 aromatic carbocycles. The molecule has 6 heteroatoms. The van der Waals surface area contributed by atoms with E-state index in [2.05, 4.69) is 21.6 Å². The van der Waals surface area contributed by atoms with Crippen molar-refractivity contribution in [3.8, 4) is 0 Å². The lowest BCUT2D eigenvalue weighted by atomic mass is 10.2. The monoisotopic (exact) mass is 247 g/mol. The molecule has 0 bridgehead atoms. The minimum Gasteiger partial charge on any atom is -0.326 e. The van der Waals surface area contributed by atoms with Gasteiger partial charge in [-0.05, 0) is 46.7 Å². The molecule has 2 N–H and O–H groups in total. The summed E-state index contributed by atoms with van der Waals surface area (Å²) in [5.74, 6) is 0. The number of rotatable bonds is 4. The first kappa shape index (κ1) is 10.7. The Morgan fingerprint density at radius 1 is 1.35 bits per heavy atom. The molecule has 1 heterocycles. The summed E-state index contributed by atoms with van der Waals surface area (Å²) in [4.78, 5) is 1.13. The summed E-state index contributed by atoms with van der Waals surface area (Å²) >= 11 is 1.59. The third-order valence-corrected chi connectivity index (χ3v) is 3.82. The maximum absolute atomic E-state index is 5.72. The second kappa shape index (κ2) is 4.46. The van der Waals surface area contributed by atoms with Crippen molar-refractivity contribution in [2.75, 3.05) is 0 Å². The molecule has 1 saturated carbocycles. The van der Waals surface area contributed by atoms with Gasteiger partial charge < -0.3 is 5.73 Å². The number of tetrazole rings is 1. The molecule has 0 amide bonds. The number of benzene rings is 1. The van der Waals surface area contributed by atoms with Gasteiger partial charge in [0.05, 0.1) is 6.04 Å². The third-order valence-electron chi connectivity index (χ3n) is 2.75. The van der Waals surface area contributed by atoms with Crippen molar-refractivity contribution in [1.82, 2.24) is 20.2 Å². The highest BCUT2D eigenvalue weighted by molar-refractivity contribution is 7.99. The maximum Gasteiger partial charge on any atom is 0.214 e. The first-order valence-corrected chi connectivity index (χ1v) is 6.44. The minimum atomic E-state index is 0.498. The summed E-state index contributed by atoms with van der Waals surface area (Å²) in [6, 6.07) is 8.59. The molecule has 2 aromatic rings. The molecule has 17 heavy (non-hydrogen) atoms. The van der Waals surface area contributed by atoms with Crippen molar-refractivity contribution >= 4 is 11.8 Å². The SMILES string of the molecule is NCc1ccccc1Sc1nnnn1C1CC1. The summed E-state index contributed by atoms with van der Waals surface area (Å²) in [6.07, 6.45) is 2.36. The van der Waals surface area contributed by atoms with Crippen LogP contribution < -0.4 is 5.73 Å². The highest BCUT2D eigenvalue weighted by Crippen LogP contribution is 2.38. The quantitative estimate of drug-likeness (QED) is 0.889. The maximum atomic E-state index is 5.72. The van der Waals surface area contributed by atoms with E-state index in [1.54, 1.807) is 11.8 Å². The lowest BCUT2D eigenvalue weighted by molar-refractivity contribution is 0.565. The van der Waals surface area contributed by atoms with E-state index in [1.807, 2.05) is 22.9 Å². The molecule has 0 aliphatic heterocycles. The lowest BCUT2D eigenvalue weighted by Gasteiger charge is -2.06. The zero-order valence-electron chi connectivity index (χ0n) is 9.28. The highest BCUT2D eigenvalue weighted by Gasteiger charge is 2.28. The zero-order valence-corrected chi connectivity index (χ0v) is 10.1. The lowest BCUT2D eigenvalue weighted by Crippen LogP contribution is -2.01. The van der Waals surface area contributed by atoms with Crippen LogP contribution >= 0.6 is 11.8 Å². The molecule has 1 aromatic heterocycles. The van der Waals surface area contributed by atoms with Crippen molar-refractivity contribution in [1.29, 1.82) is 0 Å². The van der Waals surface area contributed by atoms with Crippen LogP contribution in [0.5, 0.6) is 0 Å². The van der Waals surface area contributed by atoms with E-state index in [0.29, 0.717) is 12.6 Å². The van der Waals surface area contributed by atoms with E-state index in [1.165, 1.54) is 12.8 Å². The smallest absolute Gasteiger partial charge is 0.214 e. The van der Waals surface area contributed by atoms with E-state index in [9.17, 15) is 0 Å². The van der Waals surface area contributed by atoms with Gasteiger partial charge in [-0.25, -0.2) is 4.68 Å². The Morgan fingerprint density at radius 3 is 2.94 bits per heavy atom. The van der Waals surface area contributed by atoms with Crippen molar-refractivity contribution in [2.24, 2.45) is 5.73 Å². The van der Waals surface area contributed by atoms with Gasteiger partial charge in [0, 0.05) is 11.4 Å². The average Bonchev–Trinajstić information content (AvgIpc) is 3.11. The summed E-state index contributed by atoms with van der Waals surface area (Å²) in [5.41, 5.74) is 6.85. The number of nitrogens with zero attached hydrogens (tertiary/aromatic N) is 4. The number of hydrogen-bond acceptors (Lipinski definition) is 5. The van der Waals surface area contributed by atoms with Gasteiger partial charge in [-0.2, -0.15) is 0 Å².